The Bertz CT molecular complexity index is 1170. The van der Waals surface area contributed by atoms with Crippen molar-refractivity contribution in [2.24, 2.45) is 0 Å². The highest BCUT2D eigenvalue weighted by Crippen LogP contribution is 2.21. The largest absolute Gasteiger partial charge is 0.459 e. The molecule has 1 amide bonds. The molecular weight excluding hydrogens is 410 g/mol. The molecule has 29 heavy (non-hydrogen) atoms. The number of nitrogens with zero attached hydrogens (tertiary/aromatic N) is 1. The van der Waals surface area contributed by atoms with Crippen molar-refractivity contribution < 1.29 is 14.3 Å². The highest BCUT2D eigenvalue weighted by Gasteiger charge is 2.13. The molecule has 2 N–H and O–H groups in total. The monoisotopic (exact) mass is 431 g/mol. The van der Waals surface area contributed by atoms with Crippen LogP contribution in [0.25, 0.3) is 10.2 Å². The molecule has 0 saturated carbocycles. The first-order chi connectivity index (χ1) is 13.8. The number of hydrogen-bond acceptors (Lipinski definition) is 6. The lowest BCUT2D eigenvalue weighted by molar-refractivity contribution is -0.116. The number of ether oxygens (including phenoxy) is 1. The molecule has 0 bridgehead atoms. The van der Waals surface area contributed by atoms with Crippen molar-refractivity contribution in [3.63, 3.8) is 0 Å². The molecule has 0 aliphatic heterocycles. The van der Waals surface area contributed by atoms with Crippen LogP contribution in [0.1, 0.15) is 36.0 Å². The van der Waals surface area contributed by atoms with Gasteiger partial charge in [0.1, 0.15) is 11.4 Å². The predicted octanol–water partition coefficient (Wildman–Crippen LogP) is 3.89. The zero-order valence-electron chi connectivity index (χ0n) is 16.3. The summed E-state index contributed by atoms with van der Waals surface area (Å²) in [5, 5.41) is 3.24. The van der Waals surface area contributed by atoms with E-state index < -0.39 is 11.9 Å². The third kappa shape index (κ3) is 4.80. The summed E-state index contributed by atoms with van der Waals surface area (Å²) in [6.45, 7) is 5.35. The lowest BCUT2D eigenvalue weighted by Crippen LogP contribution is -2.28. The molecule has 0 aliphatic rings. The van der Waals surface area contributed by atoms with Gasteiger partial charge < -0.3 is 15.0 Å². The van der Waals surface area contributed by atoms with Crippen molar-refractivity contribution in [3.05, 3.63) is 55.9 Å². The lowest BCUT2D eigenvalue weighted by atomic mass is 10.2. The van der Waals surface area contributed by atoms with Gasteiger partial charge in [-0.25, -0.2) is 4.79 Å². The number of rotatable bonds is 6. The minimum absolute atomic E-state index is 0.203. The molecule has 152 valence electrons. The second kappa shape index (κ2) is 8.71. The number of thiophene rings is 1. The molecule has 7 nitrogen and oxygen atoms in total. The highest BCUT2D eigenvalue weighted by atomic mass is 32.1. The molecule has 2 aromatic heterocycles. The second-order valence-electron chi connectivity index (χ2n) is 6.71. The number of benzene rings is 1. The van der Waals surface area contributed by atoms with Gasteiger partial charge in [-0.3, -0.25) is 14.2 Å². The van der Waals surface area contributed by atoms with Crippen molar-refractivity contribution in [1.29, 1.82) is 0 Å². The third-order valence-corrected chi connectivity index (χ3v) is 5.64. The first-order valence-electron chi connectivity index (χ1n) is 9.15. The number of aryl methyl sites for hydroxylation is 1. The SMILES string of the molecule is CCc1cc2c(=O)n(CC(=O)Nc3ccc(C(=O)OC(C)C)cc3)c(=S)[nH]c2s1. The molecule has 0 saturated heterocycles. The predicted molar refractivity (Wildman–Crippen MR) is 116 cm³/mol. The number of esters is 1. The van der Waals surface area contributed by atoms with Crippen LogP contribution in [0.3, 0.4) is 0 Å². The summed E-state index contributed by atoms with van der Waals surface area (Å²) in [5.74, 6) is -0.819. The third-order valence-electron chi connectivity index (χ3n) is 4.12. The summed E-state index contributed by atoms with van der Waals surface area (Å²) < 4.78 is 6.58. The van der Waals surface area contributed by atoms with Gasteiger partial charge in [0.2, 0.25) is 5.91 Å². The van der Waals surface area contributed by atoms with Crippen molar-refractivity contribution in [2.75, 3.05) is 5.32 Å². The number of carbonyl (C=O) groups is 2. The van der Waals surface area contributed by atoms with E-state index in [2.05, 4.69) is 10.3 Å². The number of carbonyl (C=O) groups excluding carboxylic acids is 2. The van der Waals surface area contributed by atoms with E-state index >= 15 is 0 Å². The number of anilines is 1. The van der Waals surface area contributed by atoms with Crippen LogP contribution in [0.2, 0.25) is 0 Å². The van der Waals surface area contributed by atoms with E-state index in [0.717, 1.165) is 16.1 Å². The molecule has 0 aliphatic carbocycles. The Hall–Kier alpha value is -2.78. The summed E-state index contributed by atoms with van der Waals surface area (Å²) in [6, 6.07) is 8.18. The molecular formula is C20H21N3O4S2. The molecule has 2 heterocycles. The van der Waals surface area contributed by atoms with E-state index in [-0.39, 0.29) is 23.0 Å². The Balaban J connectivity index is 1.75. The van der Waals surface area contributed by atoms with Crippen LogP contribution in [-0.4, -0.2) is 27.5 Å². The van der Waals surface area contributed by atoms with Gasteiger partial charge in [0, 0.05) is 10.6 Å². The van der Waals surface area contributed by atoms with Gasteiger partial charge >= 0.3 is 5.97 Å². The van der Waals surface area contributed by atoms with Gasteiger partial charge in [0.25, 0.3) is 5.56 Å². The van der Waals surface area contributed by atoms with Crippen LogP contribution in [0.15, 0.2) is 35.1 Å². The van der Waals surface area contributed by atoms with Crippen LogP contribution >= 0.6 is 23.6 Å². The minimum atomic E-state index is -0.425. The van der Waals surface area contributed by atoms with E-state index in [0.29, 0.717) is 16.6 Å². The van der Waals surface area contributed by atoms with Gasteiger partial charge in [0.05, 0.1) is 17.1 Å². The lowest BCUT2D eigenvalue weighted by Gasteiger charge is -2.10. The van der Waals surface area contributed by atoms with Crippen molar-refractivity contribution >= 4 is 51.3 Å². The van der Waals surface area contributed by atoms with E-state index in [1.165, 1.54) is 15.9 Å². The average molecular weight is 432 g/mol. The maximum atomic E-state index is 12.7. The molecule has 3 aromatic rings. The zero-order valence-corrected chi connectivity index (χ0v) is 17.9. The van der Waals surface area contributed by atoms with E-state index in [4.69, 9.17) is 17.0 Å². The number of aromatic nitrogens is 2. The summed E-state index contributed by atoms with van der Waals surface area (Å²) in [4.78, 5) is 41.8. The van der Waals surface area contributed by atoms with Crippen molar-refractivity contribution in [2.45, 2.75) is 39.8 Å². The Kier molecular flexibility index (Phi) is 6.29. The maximum Gasteiger partial charge on any atom is 0.338 e. The van der Waals surface area contributed by atoms with Crippen LogP contribution in [0.4, 0.5) is 5.69 Å². The normalized spacial score (nSPS) is 11.0. The standard InChI is InChI=1S/C20H21N3O4S2/c1-4-14-9-15-17(29-14)22-20(28)23(18(15)25)10-16(24)21-13-7-5-12(6-8-13)19(26)27-11(2)3/h5-9,11H,4,10H2,1-3H3,(H,21,24)(H,22,28). The Labute approximate surface area is 176 Å². The van der Waals surface area contributed by atoms with Crippen LogP contribution < -0.4 is 10.9 Å². The van der Waals surface area contributed by atoms with Crippen LogP contribution in [-0.2, 0) is 22.5 Å². The molecule has 3 rings (SSSR count). The number of hydrogen-bond donors (Lipinski definition) is 2. The van der Waals surface area contributed by atoms with E-state index in [1.54, 1.807) is 38.1 Å². The van der Waals surface area contributed by atoms with Crippen LogP contribution in [0.5, 0.6) is 0 Å². The van der Waals surface area contributed by atoms with Gasteiger partial charge in [-0.15, -0.1) is 11.3 Å². The first-order valence-corrected chi connectivity index (χ1v) is 10.4. The fraction of sp³-hybridized carbons (Fsp3) is 0.300. The molecule has 9 heteroatoms. The number of amides is 1. The quantitative estimate of drug-likeness (QED) is 0.456. The number of H-pyrrole nitrogens is 1. The molecule has 0 spiro atoms. The molecule has 1 aromatic carbocycles. The summed E-state index contributed by atoms with van der Waals surface area (Å²) in [5.41, 5.74) is 0.607. The van der Waals surface area contributed by atoms with Crippen molar-refractivity contribution in [3.8, 4) is 0 Å². The van der Waals surface area contributed by atoms with E-state index in [1.807, 2.05) is 13.0 Å². The topological polar surface area (TPSA) is 93.2 Å². The number of nitrogens with one attached hydrogen (secondary N) is 2. The zero-order chi connectivity index (χ0) is 21.1. The molecule has 0 radical (unpaired) electrons. The molecule has 0 atom stereocenters. The Morgan fingerprint density at radius 3 is 2.59 bits per heavy atom. The summed E-state index contributed by atoms with van der Waals surface area (Å²) in [6.07, 6.45) is 0.610. The fourth-order valence-electron chi connectivity index (χ4n) is 2.73. The minimum Gasteiger partial charge on any atom is -0.459 e. The second-order valence-corrected chi connectivity index (χ2v) is 8.23. The Morgan fingerprint density at radius 2 is 1.97 bits per heavy atom. The van der Waals surface area contributed by atoms with Gasteiger partial charge in [-0.05, 0) is 62.8 Å². The van der Waals surface area contributed by atoms with Gasteiger partial charge in [-0.1, -0.05) is 6.92 Å². The van der Waals surface area contributed by atoms with Gasteiger partial charge in [0.15, 0.2) is 4.77 Å². The van der Waals surface area contributed by atoms with Gasteiger partial charge in [-0.2, -0.15) is 0 Å². The highest BCUT2D eigenvalue weighted by molar-refractivity contribution is 7.71. The van der Waals surface area contributed by atoms with E-state index in [9.17, 15) is 14.4 Å². The first kappa shape index (κ1) is 20.9. The molecule has 0 fully saturated rings. The summed E-state index contributed by atoms with van der Waals surface area (Å²) in [7, 11) is 0. The number of aromatic amines is 1. The van der Waals surface area contributed by atoms with Crippen molar-refractivity contribution in [1.82, 2.24) is 9.55 Å². The Morgan fingerprint density at radius 1 is 1.28 bits per heavy atom. The smallest absolute Gasteiger partial charge is 0.338 e. The summed E-state index contributed by atoms with van der Waals surface area (Å²) >= 11 is 6.75. The average Bonchev–Trinajstić information content (AvgIpc) is 3.08. The molecule has 0 unspecified atom stereocenters. The number of fused-ring (bicyclic) bond motifs is 1. The van der Waals surface area contributed by atoms with Crippen LogP contribution in [0, 0.1) is 4.77 Å². The fourth-order valence-corrected chi connectivity index (χ4v) is 4.03. The maximum absolute atomic E-state index is 12.7.